The van der Waals surface area contributed by atoms with Crippen LogP contribution in [0.5, 0.6) is 0 Å². The van der Waals surface area contributed by atoms with E-state index in [0.29, 0.717) is 11.8 Å². The van der Waals surface area contributed by atoms with Crippen molar-refractivity contribution in [2.75, 3.05) is 13.6 Å². The summed E-state index contributed by atoms with van der Waals surface area (Å²) in [7, 11) is 1.52. The maximum Gasteiger partial charge on any atom is 0.323 e. The van der Waals surface area contributed by atoms with Crippen molar-refractivity contribution in [2.24, 2.45) is 5.73 Å². The minimum absolute atomic E-state index is 0.147. The first-order chi connectivity index (χ1) is 13.2. The highest BCUT2D eigenvalue weighted by molar-refractivity contribution is 6.03. The number of likely N-dealkylation sites (N-methyl/N-ethyl adjacent to an activating group) is 1. The number of halogens is 2. The number of rotatable bonds is 6. The number of carbonyl (C=O) groups excluding carboxylic acids is 3. The van der Waals surface area contributed by atoms with Crippen LogP contribution in [0.25, 0.3) is 0 Å². The highest BCUT2D eigenvalue weighted by atomic mass is 19.1. The fourth-order valence-corrected chi connectivity index (χ4v) is 2.90. The van der Waals surface area contributed by atoms with Crippen LogP contribution < -0.4 is 15.5 Å². The molecule has 2 aromatic carbocycles. The first-order valence-electron chi connectivity index (χ1n) is 8.62. The normalized spacial score (nSPS) is 14.0. The summed E-state index contributed by atoms with van der Waals surface area (Å²) >= 11 is 0. The summed E-state index contributed by atoms with van der Waals surface area (Å²) in [5, 5.41) is 2.15. The number of quaternary nitrogens is 1. The summed E-state index contributed by atoms with van der Waals surface area (Å²) in [6.45, 7) is 1.13. The Balaban J connectivity index is 2.42. The molecule has 0 bridgehead atoms. The van der Waals surface area contributed by atoms with Gasteiger partial charge in [0.2, 0.25) is 5.91 Å². The van der Waals surface area contributed by atoms with Crippen molar-refractivity contribution < 1.29 is 23.2 Å². The minimum atomic E-state index is -0.996. The van der Waals surface area contributed by atoms with Crippen LogP contribution in [0.1, 0.15) is 12.5 Å². The van der Waals surface area contributed by atoms with E-state index in [9.17, 15) is 23.2 Å². The van der Waals surface area contributed by atoms with Gasteiger partial charge in [-0.25, -0.2) is 18.1 Å². The Morgan fingerprint density at radius 3 is 2.18 bits per heavy atom. The van der Waals surface area contributed by atoms with Crippen LogP contribution in [0.2, 0.25) is 0 Å². The van der Waals surface area contributed by atoms with Gasteiger partial charge in [-0.05, 0) is 36.8 Å². The van der Waals surface area contributed by atoms with Crippen molar-refractivity contribution in [3.63, 3.8) is 0 Å². The standard InChI is InChI=1S/C20H21F2N3O3/c1-13(20(28)24-18(26)12-23)25(2,17-6-4-3-5-7-17)19(27)10-14-8-15(21)11-16(22)9-14/h3-9,11,13H,10,12,23H2,1-2H3/p+1/t13-,25?/m0/s1. The number of imide groups is 1. The second-order valence-corrected chi connectivity index (χ2v) is 6.55. The SMILES string of the molecule is C[C@@H](C(=O)NC(=O)CN)[N+](C)(C(=O)Cc1cc(F)cc(F)c1)c1ccccc1. The van der Waals surface area contributed by atoms with Gasteiger partial charge >= 0.3 is 5.91 Å². The molecular weight excluding hydrogens is 368 g/mol. The molecule has 0 saturated carbocycles. The third kappa shape index (κ3) is 4.65. The van der Waals surface area contributed by atoms with Crippen LogP contribution in [0, 0.1) is 11.6 Å². The predicted molar refractivity (Wildman–Crippen MR) is 101 cm³/mol. The van der Waals surface area contributed by atoms with Crippen LogP contribution in [0.3, 0.4) is 0 Å². The van der Waals surface area contributed by atoms with E-state index in [2.05, 4.69) is 5.32 Å². The zero-order valence-electron chi connectivity index (χ0n) is 15.6. The maximum absolute atomic E-state index is 13.5. The molecule has 2 atom stereocenters. The molecule has 148 valence electrons. The van der Waals surface area contributed by atoms with E-state index in [1.165, 1.54) is 14.0 Å². The van der Waals surface area contributed by atoms with Gasteiger partial charge in [0, 0.05) is 6.07 Å². The molecule has 6 nitrogen and oxygen atoms in total. The third-order valence-corrected chi connectivity index (χ3v) is 4.69. The molecule has 8 heteroatoms. The van der Waals surface area contributed by atoms with Gasteiger partial charge in [-0.2, -0.15) is 0 Å². The van der Waals surface area contributed by atoms with Gasteiger partial charge in [-0.3, -0.25) is 14.9 Å². The summed E-state index contributed by atoms with van der Waals surface area (Å²) < 4.78 is 26.5. The van der Waals surface area contributed by atoms with E-state index in [0.717, 1.165) is 12.1 Å². The smallest absolute Gasteiger partial charge is 0.322 e. The first-order valence-corrected chi connectivity index (χ1v) is 8.62. The van der Waals surface area contributed by atoms with Crippen LogP contribution >= 0.6 is 0 Å². The molecule has 0 aromatic heterocycles. The summed E-state index contributed by atoms with van der Waals surface area (Å²) in [6, 6.07) is 10.3. The van der Waals surface area contributed by atoms with Gasteiger partial charge in [0.05, 0.1) is 20.0 Å². The van der Waals surface area contributed by atoms with Gasteiger partial charge in [0.1, 0.15) is 17.3 Å². The molecule has 0 aliphatic carbocycles. The molecule has 3 amide bonds. The number of para-hydroxylation sites is 1. The van der Waals surface area contributed by atoms with E-state index in [1.54, 1.807) is 30.3 Å². The van der Waals surface area contributed by atoms with Crippen LogP contribution in [0.4, 0.5) is 14.5 Å². The Morgan fingerprint density at radius 1 is 1.07 bits per heavy atom. The number of hydrogen-bond donors (Lipinski definition) is 2. The Bertz CT molecular complexity index is 869. The van der Waals surface area contributed by atoms with Gasteiger partial charge in [0.15, 0.2) is 6.04 Å². The third-order valence-electron chi connectivity index (χ3n) is 4.69. The van der Waals surface area contributed by atoms with Crippen molar-refractivity contribution in [3.05, 3.63) is 65.7 Å². The van der Waals surface area contributed by atoms with E-state index < -0.39 is 39.9 Å². The Morgan fingerprint density at radius 2 is 1.64 bits per heavy atom. The zero-order valence-corrected chi connectivity index (χ0v) is 15.6. The summed E-state index contributed by atoms with van der Waals surface area (Å²) in [5.74, 6) is -3.41. The highest BCUT2D eigenvalue weighted by Gasteiger charge is 2.44. The number of benzene rings is 2. The van der Waals surface area contributed by atoms with Crippen molar-refractivity contribution in [1.29, 1.82) is 0 Å². The number of nitrogens with one attached hydrogen (secondary N) is 1. The second kappa shape index (κ2) is 8.81. The summed E-state index contributed by atoms with van der Waals surface area (Å²) in [4.78, 5) is 37.2. The first kappa shape index (κ1) is 21.3. The fraction of sp³-hybridized carbons (Fsp3) is 0.250. The summed E-state index contributed by atoms with van der Waals surface area (Å²) in [5.41, 5.74) is 5.86. The Kier molecular flexibility index (Phi) is 6.71. The number of nitrogens with zero attached hydrogens (tertiary/aromatic N) is 1. The molecule has 2 aromatic rings. The molecule has 0 aliphatic heterocycles. The van der Waals surface area contributed by atoms with Crippen LogP contribution in [-0.4, -0.2) is 37.4 Å². The maximum atomic E-state index is 13.5. The molecule has 0 aliphatic rings. The number of hydrogen-bond acceptors (Lipinski definition) is 4. The Hall–Kier alpha value is -2.97. The van der Waals surface area contributed by atoms with Crippen molar-refractivity contribution in [3.8, 4) is 0 Å². The van der Waals surface area contributed by atoms with E-state index in [1.807, 2.05) is 0 Å². The van der Waals surface area contributed by atoms with Crippen molar-refractivity contribution in [2.45, 2.75) is 19.4 Å². The number of carbonyl (C=O) groups is 3. The molecule has 0 heterocycles. The van der Waals surface area contributed by atoms with E-state index >= 15 is 0 Å². The monoisotopic (exact) mass is 390 g/mol. The molecule has 0 spiro atoms. The molecule has 28 heavy (non-hydrogen) atoms. The topological polar surface area (TPSA) is 89.3 Å². The molecule has 0 saturated heterocycles. The molecule has 2 rings (SSSR count). The quantitative estimate of drug-likeness (QED) is 0.735. The van der Waals surface area contributed by atoms with Gasteiger partial charge in [0.25, 0.3) is 5.91 Å². The second-order valence-electron chi connectivity index (χ2n) is 6.55. The molecule has 0 fully saturated rings. The lowest BCUT2D eigenvalue weighted by Gasteiger charge is -2.36. The average molecular weight is 390 g/mol. The lowest BCUT2D eigenvalue weighted by molar-refractivity contribution is -0.139. The minimum Gasteiger partial charge on any atom is -0.322 e. The fourth-order valence-electron chi connectivity index (χ4n) is 2.90. The predicted octanol–water partition coefficient (Wildman–Crippen LogP) is 1.66. The van der Waals surface area contributed by atoms with Gasteiger partial charge in [-0.15, -0.1) is 0 Å². The lowest BCUT2D eigenvalue weighted by Crippen LogP contribution is -2.63. The van der Waals surface area contributed by atoms with Gasteiger partial charge in [-0.1, -0.05) is 18.2 Å². The molecule has 1 unspecified atom stereocenters. The van der Waals surface area contributed by atoms with Crippen molar-refractivity contribution in [1.82, 2.24) is 9.80 Å². The van der Waals surface area contributed by atoms with Crippen LogP contribution in [-0.2, 0) is 20.8 Å². The average Bonchev–Trinajstić information content (AvgIpc) is 2.66. The zero-order chi connectivity index (χ0) is 20.9. The van der Waals surface area contributed by atoms with Crippen molar-refractivity contribution >= 4 is 23.4 Å². The number of nitrogens with two attached hydrogens (primary N) is 1. The largest absolute Gasteiger partial charge is 0.323 e. The van der Waals surface area contributed by atoms with Crippen LogP contribution in [0.15, 0.2) is 48.5 Å². The molecular formula is C20H22F2N3O3+. The number of amides is 3. The summed E-state index contributed by atoms with van der Waals surface area (Å²) in [6.07, 6.45) is -0.303. The van der Waals surface area contributed by atoms with Gasteiger partial charge < -0.3 is 5.73 Å². The lowest BCUT2D eigenvalue weighted by atomic mass is 10.1. The Labute approximate surface area is 161 Å². The molecule has 0 radical (unpaired) electrons. The highest BCUT2D eigenvalue weighted by Crippen LogP contribution is 2.26. The molecule has 3 N–H and O–H groups in total. The van der Waals surface area contributed by atoms with E-state index in [-0.39, 0.29) is 18.5 Å². The van der Waals surface area contributed by atoms with E-state index in [4.69, 9.17) is 5.73 Å².